The van der Waals surface area contributed by atoms with Crippen LogP contribution >= 0.6 is 11.3 Å². The number of aromatic nitrogens is 1. The Hall–Kier alpha value is -0.500. The molecule has 18 heavy (non-hydrogen) atoms. The van der Waals surface area contributed by atoms with E-state index in [9.17, 15) is 4.21 Å². The molecule has 0 atom stereocenters. The third-order valence-corrected chi connectivity index (χ3v) is 5.11. The number of anilines is 1. The third-order valence-electron chi connectivity index (χ3n) is 2.77. The molecule has 0 saturated carbocycles. The molecule has 0 aliphatic carbocycles. The first-order valence-electron chi connectivity index (χ1n) is 6.04. The van der Waals surface area contributed by atoms with E-state index in [0.29, 0.717) is 0 Å². The minimum absolute atomic E-state index is 0.626. The molecule has 5 nitrogen and oxygen atoms in total. The normalized spacial score (nSPS) is 17.3. The van der Waals surface area contributed by atoms with Gasteiger partial charge in [-0.3, -0.25) is 4.21 Å². The summed E-state index contributed by atoms with van der Waals surface area (Å²) in [6.07, 6.45) is 1.92. The van der Waals surface area contributed by atoms with Crippen LogP contribution in [0.3, 0.4) is 0 Å². The van der Waals surface area contributed by atoms with Gasteiger partial charge in [-0.1, -0.05) is 0 Å². The smallest absolute Gasteiger partial charge is 0.185 e. The Bertz CT molecular complexity index is 387. The van der Waals surface area contributed by atoms with Crippen LogP contribution in [0, 0.1) is 0 Å². The summed E-state index contributed by atoms with van der Waals surface area (Å²) in [6.45, 7) is 4.13. The molecule has 2 heterocycles. The average Bonchev–Trinajstić information content (AvgIpc) is 2.84. The summed E-state index contributed by atoms with van der Waals surface area (Å²) in [6, 6.07) is 0. The van der Waals surface area contributed by atoms with Crippen LogP contribution in [0.1, 0.15) is 4.88 Å². The van der Waals surface area contributed by atoms with E-state index in [4.69, 9.17) is 4.74 Å². The Kier molecular flexibility index (Phi) is 5.55. The predicted octanol–water partition coefficient (Wildman–Crippen LogP) is 0.448. The lowest BCUT2D eigenvalue weighted by molar-refractivity contribution is 0.199. The van der Waals surface area contributed by atoms with Crippen molar-refractivity contribution in [3.8, 4) is 0 Å². The second-order valence-electron chi connectivity index (χ2n) is 4.11. The van der Waals surface area contributed by atoms with Crippen molar-refractivity contribution < 1.29 is 8.95 Å². The van der Waals surface area contributed by atoms with E-state index >= 15 is 0 Å². The van der Waals surface area contributed by atoms with Crippen molar-refractivity contribution in [3.63, 3.8) is 0 Å². The fourth-order valence-corrected chi connectivity index (χ4v) is 3.72. The lowest BCUT2D eigenvalue weighted by Gasteiger charge is -2.25. The van der Waals surface area contributed by atoms with Crippen molar-refractivity contribution in [1.29, 1.82) is 0 Å². The Labute approximate surface area is 114 Å². The van der Waals surface area contributed by atoms with Crippen LogP contribution in [0.2, 0.25) is 0 Å². The first-order chi connectivity index (χ1) is 8.79. The van der Waals surface area contributed by atoms with E-state index < -0.39 is 10.8 Å². The molecule has 1 fully saturated rings. The second-order valence-corrected chi connectivity index (χ2v) is 6.90. The molecule has 0 unspecified atom stereocenters. The zero-order chi connectivity index (χ0) is 12.8. The number of hydrogen-bond acceptors (Lipinski definition) is 6. The van der Waals surface area contributed by atoms with Crippen molar-refractivity contribution in [2.24, 2.45) is 0 Å². The Morgan fingerprint density at radius 3 is 3.06 bits per heavy atom. The van der Waals surface area contributed by atoms with Gasteiger partial charge < -0.3 is 15.0 Å². The van der Waals surface area contributed by atoms with Crippen molar-refractivity contribution in [1.82, 2.24) is 10.3 Å². The summed E-state index contributed by atoms with van der Waals surface area (Å²) in [5.74, 6) is 1.53. The largest absolute Gasteiger partial charge is 0.383 e. The summed E-state index contributed by atoms with van der Waals surface area (Å²) in [7, 11) is 1.08. The minimum Gasteiger partial charge on any atom is -0.383 e. The van der Waals surface area contributed by atoms with Crippen LogP contribution in [0.25, 0.3) is 0 Å². The van der Waals surface area contributed by atoms with Gasteiger partial charge in [0, 0.05) is 66.7 Å². The number of ether oxygens (including phenoxy) is 1. The molecule has 0 aromatic carbocycles. The molecule has 1 aromatic heterocycles. The van der Waals surface area contributed by atoms with Gasteiger partial charge in [0.25, 0.3) is 0 Å². The molecule has 1 aromatic rings. The third kappa shape index (κ3) is 4.01. The molecule has 0 amide bonds. The summed E-state index contributed by atoms with van der Waals surface area (Å²) in [5.41, 5.74) is 0. The summed E-state index contributed by atoms with van der Waals surface area (Å²) in [4.78, 5) is 7.89. The fourth-order valence-electron chi connectivity index (χ4n) is 1.74. The Morgan fingerprint density at radius 1 is 1.56 bits per heavy atom. The highest BCUT2D eigenvalue weighted by atomic mass is 32.2. The molecule has 0 radical (unpaired) electrons. The number of nitrogens with one attached hydrogen (secondary N) is 1. The second kappa shape index (κ2) is 7.18. The lowest BCUT2D eigenvalue weighted by Crippen LogP contribution is -2.37. The molecule has 7 heteroatoms. The molecule has 0 spiro atoms. The molecule has 102 valence electrons. The zero-order valence-corrected chi connectivity index (χ0v) is 12.2. The molecule has 1 aliphatic heterocycles. The van der Waals surface area contributed by atoms with E-state index in [-0.39, 0.29) is 0 Å². The van der Waals surface area contributed by atoms with Gasteiger partial charge >= 0.3 is 0 Å². The van der Waals surface area contributed by atoms with Gasteiger partial charge in [-0.25, -0.2) is 4.98 Å². The predicted molar refractivity (Wildman–Crippen MR) is 75.8 cm³/mol. The topological polar surface area (TPSA) is 54.5 Å². The molecule has 1 aliphatic rings. The number of thiazole rings is 1. The van der Waals surface area contributed by atoms with Crippen LogP contribution in [-0.4, -0.2) is 54.0 Å². The maximum atomic E-state index is 11.3. The van der Waals surface area contributed by atoms with Crippen molar-refractivity contribution in [3.05, 3.63) is 11.1 Å². The molecular formula is C11H19N3O2S2. The van der Waals surface area contributed by atoms with E-state index in [2.05, 4.69) is 15.2 Å². The van der Waals surface area contributed by atoms with Crippen LogP contribution in [-0.2, 0) is 22.1 Å². The van der Waals surface area contributed by atoms with Crippen LogP contribution in [0.4, 0.5) is 5.13 Å². The van der Waals surface area contributed by atoms with Gasteiger partial charge in [0.05, 0.1) is 6.61 Å². The summed E-state index contributed by atoms with van der Waals surface area (Å²) in [5, 5.41) is 4.36. The van der Waals surface area contributed by atoms with Gasteiger partial charge in [0.15, 0.2) is 5.13 Å². The van der Waals surface area contributed by atoms with Crippen molar-refractivity contribution in [2.45, 2.75) is 6.54 Å². The van der Waals surface area contributed by atoms with Crippen LogP contribution < -0.4 is 10.2 Å². The first-order valence-corrected chi connectivity index (χ1v) is 8.34. The van der Waals surface area contributed by atoms with Gasteiger partial charge in [-0.05, 0) is 0 Å². The van der Waals surface area contributed by atoms with E-state index in [1.54, 1.807) is 18.4 Å². The standard InChI is InChI=1S/C11H19N3O2S2/c1-16-5-2-12-8-10-9-13-11(17-10)14-3-6-18(15)7-4-14/h9,12H,2-8H2,1H3. The highest BCUT2D eigenvalue weighted by molar-refractivity contribution is 7.85. The van der Waals surface area contributed by atoms with Crippen molar-refractivity contribution >= 4 is 27.3 Å². The fraction of sp³-hybridized carbons (Fsp3) is 0.727. The van der Waals surface area contributed by atoms with Gasteiger partial charge in [-0.15, -0.1) is 11.3 Å². The minimum atomic E-state index is -0.626. The highest BCUT2D eigenvalue weighted by Crippen LogP contribution is 2.23. The molecule has 1 N–H and O–H groups in total. The molecule has 1 saturated heterocycles. The first kappa shape index (κ1) is 13.9. The molecule has 2 rings (SSSR count). The molecular weight excluding hydrogens is 270 g/mol. The van der Waals surface area contributed by atoms with Crippen molar-refractivity contribution in [2.75, 3.05) is 49.8 Å². The van der Waals surface area contributed by atoms with Gasteiger partial charge in [0.1, 0.15) is 0 Å². The highest BCUT2D eigenvalue weighted by Gasteiger charge is 2.17. The quantitative estimate of drug-likeness (QED) is 0.771. The number of methoxy groups -OCH3 is 1. The maximum absolute atomic E-state index is 11.3. The Morgan fingerprint density at radius 2 is 2.33 bits per heavy atom. The number of rotatable bonds is 6. The molecule has 0 bridgehead atoms. The SMILES string of the molecule is COCCNCc1cnc(N2CCS(=O)CC2)s1. The number of nitrogens with zero attached hydrogens (tertiary/aromatic N) is 2. The van der Waals surface area contributed by atoms with E-state index in [1.165, 1.54) is 4.88 Å². The summed E-state index contributed by atoms with van der Waals surface area (Å²) >= 11 is 1.71. The lowest BCUT2D eigenvalue weighted by atomic mass is 10.5. The monoisotopic (exact) mass is 289 g/mol. The van der Waals surface area contributed by atoms with Crippen LogP contribution in [0.5, 0.6) is 0 Å². The number of hydrogen-bond donors (Lipinski definition) is 1. The maximum Gasteiger partial charge on any atom is 0.185 e. The Balaban J connectivity index is 1.80. The average molecular weight is 289 g/mol. The van der Waals surface area contributed by atoms with E-state index in [1.807, 2.05) is 6.20 Å². The van der Waals surface area contributed by atoms with Gasteiger partial charge in [0.2, 0.25) is 0 Å². The van der Waals surface area contributed by atoms with Crippen LogP contribution in [0.15, 0.2) is 6.20 Å². The summed E-state index contributed by atoms with van der Waals surface area (Å²) < 4.78 is 16.3. The van der Waals surface area contributed by atoms with E-state index in [0.717, 1.165) is 49.4 Å². The van der Waals surface area contributed by atoms with Gasteiger partial charge in [-0.2, -0.15) is 0 Å². The zero-order valence-electron chi connectivity index (χ0n) is 10.6.